The molecular weight excluding hydrogens is 531 g/mol. The van der Waals surface area contributed by atoms with Crippen LogP contribution in [0.2, 0.25) is 10.0 Å². The van der Waals surface area contributed by atoms with Gasteiger partial charge in [0.25, 0.3) is 5.56 Å². The highest BCUT2D eigenvalue weighted by Gasteiger charge is 2.26. The van der Waals surface area contributed by atoms with Crippen molar-refractivity contribution >= 4 is 62.7 Å². The van der Waals surface area contributed by atoms with Crippen molar-refractivity contribution in [1.29, 1.82) is 0 Å². The predicted octanol–water partition coefficient (Wildman–Crippen LogP) is 6.35. The monoisotopic (exact) mass is 564 g/mol. The summed E-state index contributed by atoms with van der Waals surface area (Å²) in [6.07, 6.45) is 9.47. The van der Waals surface area contributed by atoms with Gasteiger partial charge in [0.15, 0.2) is 0 Å². The molecule has 7 nitrogen and oxygen atoms in total. The number of hydrogen-bond donors (Lipinski definition) is 2. The van der Waals surface area contributed by atoms with E-state index in [1.807, 2.05) is 23.7 Å². The van der Waals surface area contributed by atoms with Crippen LogP contribution in [0.5, 0.6) is 0 Å². The van der Waals surface area contributed by atoms with E-state index in [4.69, 9.17) is 28.2 Å². The number of benzene rings is 2. The number of nitrogens with one attached hydrogen (secondary N) is 2. The van der Waals surface area contributed by atoms with E-state index in [1.54, 1.807) is 18.2 Å². The fourth-order valence-electron chi connectivity index (χ4n) is 6.19. The zero-order chi connectivity index (χ0) is 27.1. The van der Waals surface area contributed by atoms with E-state index >= 15 is 0 Å². The van der Waals surface area contributed by atoms with Crippen LogP contribution in [-0.4, -0.2) is 63.1 Å². The smallest absolute Gasteiger partial charge is 0.258 e. The van der Waals surface area contributed by atoms with E-state index in [1.165, 1.54) is 45.3 Å². The first-order valence-corrected chi connectivity index (χ1v) is 14.5. The van der Waals surface area contributed by atoms with Crippen LogP contribution < -0.4 is 10.9 Å². The fourth-order valence-corrected chi connectivity index (χ4v) is 6.68. The van der Waals surface area contributed by atoms with Crippen molar-refractivity contribution in [3.05, 3.63) is 68.1 Å². The van der Waals surface area contributed by atoms with Crippen LogP contribution >= 0.6 is 23.2 Å². The summed E-state index contributed by atoms with van der Waals surface area (Å²) in [6.45, 7) is 7.78. The number of imidazole rings is 1. The Kier molecular flexibility index (Phi) is 7.42. The Morgan fingerprint density at radius 1 is 1.10 bits per heavy atom. The van der Waals surface area contributed by atoms with Gasteiger partial charge in [0.1, 0.15) is 0 Å². The topological polar surface area (TPSA) is 69.2 Å². The SMILES string of the molecule is Cc1c(C=CCN2CCCC2CN2CCCC2)[nH]c(=O)c2c1ccc1nc(Nc3c(Cl)cccc3Cl)n(C)c12. The van der Waals surface area contributed by atoms with Gasteiger partial charge >= 0.3 is 0 Å². The molecule has 0 saturated carbocycles. The molecule has 2 aromatic carbocycles. The van der Waals surface area contributed by atoms with E-state index in [2.05, 4.69) is 39.2 Å². The second-order valence-corrected chi connectivity index (χ2v) is 11.6. The molecular formula is C30H34Cl2N6O. The van der Waals surface area contributed by atoms with Crippen LogP contribution in [0.4, 0.5) is 11.6 Å². The van der Waals surface area contributed by atoms with Gasteiger partial charge in [0, 0.05) is 31.9 Å². The Morgan fingerprint density at radius 2 is 1.87 bits per heavy atom. The first kappa shape index (κ1) is 26.4. The van der Waals surface area contributed by atoms with Gasteiger partial charge in [-0.1, -0.05) is 41.4 Å². The Hall–Kier alpha value is -2.84. The first-order valence-electron chi connectivity index (χ1n) is 13.8. The Bertz CT molecular complexity index is 1600. The molecule has 6 rings (SSSR count). The number of pyridine rings is 1. The maximum absolute atomic E-state index is 13.4. The first-order chi connectivity index (χ1) is 18.9. The molecule has 4 heterocycles. The number of aromatic amines is 1. The summed E-state index contributed by atoms with van der Waals surface area (Å²) >= 11 is 12.7. The van der Waals surface area contributed by atoms with E-state index < -0.39 is 0 Å². The molecule has 0 aliphatic carbocycles. The molecule has 39 heavy (non-hydrogen) atoms. The van der Waals surface area contributed by atoms with Gasteiger partial charge in [0.2, 0.25) is 5.95 Å². The van der Waals surface area contributed by atoms with Gasteiger partial charge in [-0.3, -0.25) is 9.69 Å². The standard InChI is InChI=1S/C30H34Cl2N6O/c1-19-21-12-13-25-28(36(2)30(34-25)35-27-22(31)9-5-10-23(27)32)26(21)29(39)33-24(19)11-7-17-38-16-6-8-20(38)18-37-14-3-4-15-37/h5,7,9-13,20H,3-4,6,8,14-18H2,1-2H3,(H,33,39)(H,34,35). The summed E-state index contributed by atoms with van der Waals surface area (Å²) in [4.78, 5) is 26.5. The van der Waals surface area contributed by atoms with Crippen LogP contribution in [-0.2, 0) is 7.05 Å². The summed E-state index contributed by atoms with van der Waals surface area (Å²) in [5, 5.41) is 5.79. The minimum Gasteiger partial charge on any atom is -0.323 e. The van der Waals surface area contributed by atoms with Crippen LogP contribution in [0.3, 0.4) is 0 Å². The average molecular weight is 566 g/mol. The van der Waals surface area contributed by atoms with E-state index in [-0.39, 0.29) is 5.56 Å². The van der Waals surface area contributed by atoms with E-state index in [0.717, 1.165) is 40.8 Å². The molecule has 0 amide bonds. The van der Waals surface area contributed by atoms with Crippen molar-refractivity contribution in [2.75, 3.05) is 38.0 Å². The quantitative estimate of drug-likeness (QED) is 0.274. The van der Waals surface area contributed by atoms with Gasteiger partial charge in [-0.2, -0.15) is 0 Å². The van der Waals surface area contributed by atoms with Crippen molar-refractivity contribution in [2.45, 2.75) is 38.6 Å². The fraction of sp³-hybridized carbons (Fsp3) is 0.400. The number of H-pyrrole nitrogens is 1. The number of likely N-dealkylation sites (tertiary alicyclic amines) is 2. The van der Waals surface area contributed by atoms with E-state index in [0.29, 0.717) is 33.1 Å². The summed E-state index contributed by atoms with van der Waals surface area (Å²) in [5.74, 6) is 0.558. The third-order valence-electron chi connectivity index (χ3n) is 8.31. The lowest BCUT2D eigenvalue weighted by molar-refractivity contribution is 0.205. The Labute approximate surface area is 238 Å². The molecule has 2 fully saturated rings. The number of nitrogens with zero attached hydrogens (tertiary/aromatic N) is 4. The molecule has 2 saturated heterocycles. The molecule has 4 aromatic rings. The Balaban J connectivity index is 1.28. The number of aromatic nitrogens is 3. The molecule has 1 atom stereocenters. The molecule has 0 bridgehead atoms. The molecule has 2 aliphatic rings. The summed E-state index contributed by atoms with van der Waals surface area (Å²) in [7, 11) is 1.89. The lowest BCUT2D eigenvalue weighted by Crippen LogP contribution is -2.39. The summed E-state index contributed by atoms with van der Waals surface area (Å²) < 4.78 is 1.88. The minimum absolute atomic E-state index is 0.126. The van der Waals surface area contributed by atoms with Crippen LogP contribution in [0.25, 0.3) is 27.9 Å². The highest BCUT2D eigenvalue weighted by molar-refractivity contribution is 6.39. The maximum Gasteiger partial charge on any atom is 0.258 e. The molecule has 2 N–H and O–H groups in total. The van der Waals surface area contributed by atoms with Crippen LogP contribution in [0.15, 0.2) is 41.2 Å². The highest BCUT2D eigenvalue weighted by Crippen LogP contribution is 2.34. The second kappa shape index (κ2) is 11.0. The van der Waals surface area contributed by atoms with Gasteiger partial charge in [-0.15, -0.1) is 0 Å². The molecule has 2 aliphatic heterocycles. The van der Waals surface area contributed by atoms with E-state index in [9.17, 15) is 4.79 Å². The highest BCUT2D eigenvalue weighted by atomic mass is 35.5. The van der Waals surface area contributed by atoms with Gasteiger partial charge in [-0.05, 0) is 87.5 Å². The van der Waals surface area contributed by atoms with Crippen molar-refractivity contribution < 1.29 is 0 Å². The zero-order valence-corrected chi connectivity index (χ0v) is 23.9. The molecule has 1 unspecified atom stereocenters. The summed E-state index contributed by atoms with van der Waals surface area (Å²) in [5.41, 5.74) is 3.84. The number of anilines is 2. The second-order valence-electron chi connectivity index (χ2n) is 10.8. The normalized spacial score (nSPS) is 18.8. The third kappa shape index (κ3) is 5.09. The number of halogens is 2. The molecule has 2 aromatic heterocycles. The van der Waals surface area contributed by atoms with Gasteiger partial charge < -0.3 is 19.8 Å². The number of rotatable bonds is 7. The van der Waals surface area contributed by atoms with Gasteiger partial charge in [0.05, 0.1) is 32.2 Å². The lowest BCUT2D eigenvalue weighted by Gasteiger charge is -2.27. The van der Waals surface area contributed by atoms with Crippen LogP contribution in [0.1, 0.15) is 36.9 Å². The molecule has 9 heteroatoms. The van der Waals surface area contributed by atoms with Crippen molar-refractivity contribution in [2.24, 2.45) is 7.05 Å². The number of fused-ring (bicyclic) bond motifs is 3. The van der Waals surface area contributed by atoms with Crippen molar-refractivity contribution in [1.82, 2.24) is 24.3 Å². The zero-order valence-electron chi connectivity index (χ0n) is 22.4. The number of para-hydroxylation sites is 1. The summed E-state index contributed by atoms with van der Waals surface area (Å²) in [6, 6.07) is 9.93. The maximum atomic E-state index is 13.4. The molecule has 0 spiro atoms. The predicted molar refractivity (Wildman–Crippen MR) is 163 cm³/mol. The molecule has 204 valence electrons. The minimum atomic E-state index is -0.126. The number of hydrogen-bond acceptors (Lipinski definition) is 5. The Morgan fingerprint density at radius 3 is 2.64 bits per heavy atom. The molecule has 0 radical (unpaired) electrons. The van der Waals surface area contributed by atoms with Crippen molar-refractivity contribution in [3.8, 4) is 0 Å². The van der Waals surface area contributed by atoms with Gasteiger partial charge in [-0.25, -0.2) is 4.98 Å². The lowest BCUT2D eigenvalue weighted by atomic mass is 10.0. The number of aryl methyl sites for hydroxylation is 2. The largest absolute Gasteiger partial charge is 0.323 e. The third-order valence-corrected chi connectivity index (χ3v) is 8.94. The van der Waals surface area contributed by atoms with Crippen molar-refractivity contribution in [3.63, 3.8) is 0 Å². The average Bonchev–Trinajstić information content (AvgIpc) is 3.66. The van der Waals surface area contributed by atoms with Crippen LogP contribution in [0, 0.1) is 6.92 Å².